The normalized spacial score (nSPS) is 12.3. The van der Waals surface area contributed by atoms with Crippen LogP contribution in [0.4, 0.5) is 0 Å². The molecule has 1 amide bonds. The molecule has 2 N–H and O–H groups in total. The molecule has 0 atom stereocenters. The highest BCUT2D eigenvalue weighted by Crippen LogP contribution is 2.12. The van der Waals surface area contributed by atoms with Crippen LogP contribution >= 0.6 is 0 Å². The third kappa shape index (κ3) is 4.21. The second kappa shape index (κ2) is 7.68. The van der Waals surface area contributed by atoms with Crippen molar-refractivity contribution in [1.82, 2.24) is 19.7 Å². The fourth-order valence-electron chi connectivity index (χ4n) is 2.53. The summed E-state index contributed by atoms with van der Waals surface area (Å²) in [6.45, 7) is 1.82. The molecule has 3 rings (SSSR count). The molecule has 0 aliphatic carbocycles. The molecular weight excluding hydrogens is 366 g/mol. The highest BCUT2D eigenvalue weighted by atomic mass is 32.2. The van der Waals surface area contributed by atoms with E-state index in [0.717, 1.165) is 11.0 Å². The van der Waals surface area contributed by atoms with Crippen molar-refractivity contribution in [3.8, 4) is 0 Å². The number of hydrazone groups is 1. The standard InChI is InChI=1S/C18H19N5O3S/c1-13(14-7-9-15(10-8-14)27(25,26)19-2)21-22-18(24)11-23-12-20-16-5-3-4-6-17(16)23/h3-10,12,19H,11H2,1-2H3,(H,22,24)/b21-13-. The maximum atomic E-state index is 12.2. The van der Waals surface area contributed by atoms with Crippen molar-refractivity contribution in [3.63, 3.8) is 0 Å². The molecule has 0 aliphatic rings. The van der Waals surface area contributed by atoms with E-state index in [9.17, 15) is 13.2 Å². The van der Waals surface area contributed by atoms with Crippen LogP contribution in [0.15, 0.2) is 64.9 Å². The van der Waals surface area contributed by atoms with Gasteiger partial charge in [-0.2, -0.15) is 5.10 Å². The van der Waals surface area contributed by atoms with Gasteiger partial charge in [-0.15, -0.1) is 0 Å². The number of nitrogens with zero attached hydrogens (tertiary/aromatic N) is 3. The van der Waals surface area contributed by atoms with Gasteiger partial charge in [-0.1, -0.05) is 24.3 Å². The lowest BCUT2D eigenvalue weighted by Crippen LogP contribution is -2.24. The van der Waals surface area contributed by atoms with Gasteiger partial charge in [-0.3, -0.25) is 4.79 Å². The number of hydrogen-bond donors (Lipinski definition) is 2. The van der Waals surface area contributed by atoms with Crippen molar-refractivity contribution in [3.05, 3.63) is 60.4 Å². The predicted molar refractivity (Wildman–Crippen MR) is 103 cm³/mol. The van der Waals surface area contributed by atoms with Gasteiger partial charge < -0.3 is 4.57 Å². The number of para-hydroxylation sites is 2. The second-order valence-corrected chi connectivity index (χ2v) is 7.71. The fraction of sp³-hybridized carbons (Fsp3) is 0.167. The zero-order chi connectivity index (χ0) is 19.4. The van der Waals surface area contributed by atoms with Crippen LogP contribution in [0.25, 0.3) is 11.0 Å². The van der Waals surface area contributed by atoms with Gasteiger partial charge >= 0.3 is 0 Å². The number of imidazole rings is 1. The van der Waals surface area contributed by atoms with Gasteiger partial charge in [-0.05, 0) is 43.8 Å². The summed E-state index contributed by atoms with van der Waals surface area (Å²) < 4.78 is 27.5. The summed E-state index contributed by atoms with van der Waals surface area (Å²) in [5, 5.41) is 4.09. The van der Waals surface area contributed by atoms with Crippen LogP contribution in [0, 0.1) is 0 Å². The number of carbonyl (C=O) groups excluding carboxylic acids is 1. The number of rotatable bonds is 6. The van der Waals surface area contributed by atoms with Crippen LogP contribution in [0.2, 0.25) is 0 Å². The molecule has 0 spiro atoms. The molecule has 0 aliphatic heterocycles. The first-order valence-electron chi connectivity index (χ1n) is 8.18. The van der Waals surface area contributed by atoms with Crippen molar-refractivity contribution in [2.75, 3.05) is 7.05 Å². The summed E-state index contributed by atoms with van der Waals surface area (Å²) in [5.74, 6) is -0.285. The fourth-order valence-corrected chi connectivity index (χ4v) is 3.26. The van der Waals surface area contributed by atoms with E-state index in [4.69, 9.17) is 0 Å². The number of sulfonamides is 1. The first-order valence-corrected chi connectivity index (χ1v) is 9.66. The molecule has 2 aromatic carbocycles. The Morgan fingerprint density at radius 1 is 1.15 bits per heavy atom. The number of hydrogen-bond acceptors (Lipinski definition) is 5. The smallest absolute Gasteiger partial charge is 0.260 e. The summed E-state index contributed by atoms with van der Waals surface area (Å²) in [6, 6.07) is 13.8. The van der Waals surface area contributed by atoms with E-state index < -0.39 is 10.0 Å². The van der Waals surface area contributed by atoms with Gasteiger partial charge in [0.25, 0.3) is 5.91 Å². The summed E-state index contributed by atoms with van der Waals surface area (Å²) in [5.41, 5.74) is 5.47. The van der Waals surface area contributed by atoms with E-state index in [1.807, 2.05) is 24.3 Å². The van der Waals surface area contributed by atoms with Gasteiger partial charge in [0, 0.05) is 0 Å². The van der Waals surface area contributed by atoms with Gasteiger partial charge in [0.15, 0.2) is 0 Å². The van der Waals surface area contributed by atoms with Crippen molar-refractivity contribution in [2.45, 2.75) is 18.4 Å². The Hall–Kier alpha value is -3.04. The molecule has 1 aromatic heterocycles. The number of benzene rings is 2. The Morgan fingerprint density at radius 3 is 2.56 bits per heavy atom. The van der Waals surface area contributed by atoms with Crippen LogP contribution in [0.1, 0.15) is 12.5 Å². The Bertz CT molecular complexity index is 1100. The summed E-state index contributed by atoms with van der Waals surface area (Å²) >= 11 is 0. The van der Waals surface area contributed by atoms with Crippen LogP contribution in [0.5, 0.6) is 0 Å². The van der Waals surface area contributed by atoms with Gasteiger partial charge in [-0.25, -0.2) is 23.5 Å². The summed E-state index contributed by atoms with van der Waals surface area (Å²) in [6.07, 6.45) is 1.61. The minimum Gasteiger partial charge on any atom is -0.321 e. The topological polar surface area (TPSA) is 105 Å². The second-order valence-electron chi connectivity index (χ2n) is 5.83. The Labute approximate surface area is 157 Å². The molecule has 8 nitrogen and oxygen atoms in total. The van der Waals surface area contributed by atoms with E-state index in [1.165, 1.54) is 19.2 Å². The average Bonchev–Trinajstić information content (AvgIpc) is 3.09. The zero-order valence-corrected chi connectivity index (χ0v) is 15.7. The number of aromatic nitrogens is 2. The van der Waals surface area contributed by atoms with Crippen molar-refractivity contribution < 1.29 is 13.2 Å². The Balaban J connectivity index is 1.67. The quantitative estimate of drug-likeness (QED) is 0.495. The van der Waals surface area contributed by atoms with Crippen LogP contribution in [0.3, 0.4) is 0 Å². The van der Waals surface area contributed by atoms with E-state index in [-0.39, 0.29) is 17.3 Å². The lowest BCUT2D eigenvalue weighted by Gasteiger charge is -2.06. The highest BCUT2D eigenvalue weighted by molar-refractivity contribution is 7.89. The molecule has 0 saturated heterocycles. The third-order valence-corrected chi connectivity index (χ3v) is 5.47. The molecule has 9 heteroatoms. The zero-order valence-electron chi connectivity index (χ0n) is 14.9. The third-order valence-electron chi connectivity index (χ3n) is 4.04. The summed E-state index contributed by atoms with van der Waals surface area (Å²) in [7, 11) is -2.13. The lowest BCUT2D eigenvalue weighted by molar-refractivity contribution is -0.121. The van der Waals surface area contributed by atoms with E-state index in [1.54, 1.807) is 30.0 Å². The highest BCUT2D eigenvalue weighted by Gasteiger charge is 2.11. The first-order chi connectivity index (χ1) is 12.9. The van der Waals surface area contributed by atoms with E-state index >= 15 is 0 Å². The van der Waals surface area contributed by atoms with Crippen molar-refractivity contribution in [2.24, 2.45) is 5.10 Å². The number of fused-ring (bicyclic) bond motifs is 1. The molecule has 0 unspecified atom stereocenters. The van der Waals surface area contributed by atoms with E-state index in [2.05, 4.69) is 20.2 Å². The Morgan fingerprint density at radius 2 is 1.85 bits per heavy atom. The van der Waals surface area contributed by atoms with Crippen molar-refractivity contribution >= 4 is 32.7 Å². The first kappa shape index (κ1) is 18.7. The van der Waals surface area contributed by atoms with Crippen LogP contribution < -0.4 is 10.1 Å². The minimum atomic E-state index is -3.48. The van der Waals surface area contributed by atoms with Gasteiger partial charge in [0.1, 0.15) is 6.54 Å². The monoisotopic (exact) mass is 385 g/mol. The number of amides is 1. The number of carbonyl (C=O) groups is 1. The number of nitrogens with one attached hydrogen (secondary N) is 2. The largest absolute Gasteiger partial charge is 0.321 e. The molecule has 1 heterocycles. The molecule has 3 aromatic rings. The maximum Gasteiger partial charge on any atom is 0.260 e. The lowest BCUT2D eigenvalue weighted by atomic mass is 10.1. The Kier molecular flexibility index (Phi) is 5.33. The van der Waals surface area contributed by atoms with Gasteiger partial charge in [0.2, 0.25) is 10.0 Å². The molecule has 0 saturated carbocycles. The maximum absolute atomic E-state index is 12.2. The van der Waals surface area contributed by atoms with Crippen LogP contribution in [-0.2, 0) is 21.4 Å². The molecular formula is C18H19N5O3S. The molecule has 0 bridgehead atoms. The molecule has 0 radical (unpaired) electrons. The van der Waals surface area contributed by atoms with Crippen molar-refractivity contribution in [1.29, 1.82) is 0 Å². The molecule has 140 valence electrons. The van der Waals surface area contributed by atoms with Crippen LogP contribution in [-0.4, -0.2) is 36.6 Å². The minimum absolute atomic E-state index is 0.0939. The van der Waals surface area contributed by atoms with E-state index in [0.29, 0.717) is 11.3 Å². The average molecular weight is 385 g/mol. The summed E-state index contributed by atoms with van der Waals surface area (Å²) in [4.78, 5) is 16.6. The predicted octanol–water partition coefficient (Wildman–Crippen LogP) is 1.48. The SMILES string of the molecule is CNS(=O)(=O)c1ccc(/C(C)=N\NC(=O)Cn2cnc3ccccc32)cc1. The molecule has 0 fully saturated rings. The van der Waals surface area contributed by atoms with Gasteiger partial charge in [0.05, 0.1) is 28.0 Å². The molecule has 27 heavy (non-hydrogen) atoms.